The van der Waals surface area contributed by atoms with Gasteiger partial charge >= 0.3 is 0 Å². The van der Waals surface area contributed by atoms with Crippen molar-refractivity contribution in [2.24, 2.45) is 7.05 Å². The summed E-state index contributed by atoms with van der Waals surface area (Å²) in [4.78, 5) is 4.49. The van der Waals surface area contributed by atoms with Crippen molar-refractivity contribution < 1.29 is 0 Å². The second kappa shape index (κ2) is 5.93. The molecule has 1 atom stereocenters. The molecule has 108 valence electrons. The molecule has 0 spiro atoms. The molecular formula is C16H19N5. The first kappa shape index (κ1) is 13.6. The number of nitrogens with zero attached hydrogens (tertiary/aromatic N) is 3. The van der Waals surface area contributed by atoms with Crippen LogP contribution < -0.4 is 5.32 Å². The van der Waals surface area contributed by atoms with Crippen molar-refractivity contribution in [1.82, 2.24) is 25.1 Å². The highest BCUT2D eigenvalue weighted by Crippen LogP contribution is 2.20. The van der Waals surface area contributed by atoms with Crippen LogP contribution in [0.25, 0.3) is 0 Å². The van der Waals surface area contributed by atoms with Gasteiger partial charge in [0, 0.05) is 37.2 Å². The highest BCUT2D eigenvalue weighted by atomic mass is 15.1. The molecule has 0 saturated carbocycles. The van der Waals surface area contributed by atoms with Crippen LogP contribution in [0.3, 0.4) is 0 Å². The summed E-state index contributed by atoms with van der Waals surface area (Å²) in [5.74, 6) is 1.00. The van der Waals surface area contributed by atoms with E-state index in [-0.39, 0.29) is 6.04 Å². The van der Waals surface area contributed by atoms with Crippen molar-refractivity contribution in [1.29, 1.82) is 0 Å². The molecule has 0 amide bonds. The van der Waals surface area contributed by atoms with Crippen molar-refractivity contribution >= 4 is 0 Å². The first-order valence-electron chi connectivity index (χ1n) is 7.00. The topological polar surface area (TPSA) is 58.5 Å². The van der Waals surface area contributed by atoms with E-state index in [0.29, 0.717) is 0 Å². The molecule has 0 fully saturated rings. The average molecular weight is 281 g/mol. The van der Waals surface area contributed by atoms with E-state index in [1.54, 1.807) is 0 Å². The summed E-state index contributed by atoms with van der Waals surface area (Å²) in [6, 6.07) is 10.4. The van der Waals surface area contributed by atoms with Crippen LogP contribution in [-0.4, -0.2) is 19.7 Å². The van der Waals surface area contributed by atoms with Crippen LogP contribution in [0.1, 0.15) is 28.7 Å². The van der Waals surface area contributed by atoms with E-state index in [1.807, 2.05) is 43.2 Å². The minimum Gasteiger partial charge on any atom is -0.336 e. The molecule has 0 unspecified atom stereocenters. The first-order chi connectivity index (χ1) is 10.3. The highest BCUT2D eigenvalue weighted by Gasteiger charge is 2.18. The Morgan fingerprint density at radius 2 is 2.10 bits per heavy atom. The number of H-pyrrole nitrogens is 1. The summed E-state index contributed by atoms with van der Waals surface area (Å²) in [6.07, 6.45) is 5.66. The van der Waals surface area contributed by atoms with E-state index in [4.69, 9.17) is 0 Å². The minimum atomic E-state index is 0.0560. The second-order valence-corrected chi connectivity index (χ2v) is 5.14. The number of benzene rings is 1. The van der Waals surface area contributed by atoms with Crippen molar-refractivity contribution in [3.05, 3.63) is 71.6 Å². The maximum absolute atomic E-state index is 4.49. The Bertz CT molecular complexity index is 698. The molecule has 3 rings (SSSR count). The van der Waals surface area contributed by atoms with E-state index in [9.17, 15) is 0 Å². The van der Waals surface area contributed by atoms with Gasteiger partial charge in [0.2, 0.25) is 0 Å². The van der Waals surface area contributed by atoms with Gasteiger partial charge in [-0.25, -0.2) is 4.98 Å². The van der Waals surface area contributed by atoms with Gasteiger partial charge in [0.25, 0.3) is 0 Å². The number of hydrogen-bond donors (Lipinski definition) is 2. The van der Waals surface area contributed by atoms with Crippen LogP contribution in [0.5, 0.6) is 0 Å². The Morgan fingerprint density at radius 1 is 1.29 bits per heavy atom. The van der Waals surface area contributed by atoms with Gasteiger partial charge in [-0.15, -0.1) is 0 Å². The number of aromatic nitrogens is 4. The van der Waals surface area contributed by atoms with Crippen molar-refractivity contribution in [2.45, 2.75) is 19.5 Å². The van der Waals surface area contributed by atoms with Gasteiger partial charge in [-0.1, -0.05) is 30.3 Å². The Morgan fingerprint density at radius 3 is 2.71 bits per heavy atom. The summed E-state index contributed by atoms with van der Waals surface area (Å²) < 4.78 is 2.05. The summed E-state index contributed by atoms with van der Waals surface area (Å²) in [6.45, 7) is 2.77. The zero-order valence-corrected chi connectivity index (χ0v) is 12.2. The number of nitrogens with one attached hydrogen (secondary N) is 2. The van der Waals surface area contributed by atoms with Crippen molar-refractivity contribution in [2.75, 3.05) is 0 Å². The summed E-state index contributed by atoms with van der Waals surface area (Å²) in [7, 11) is 2.02. The third-order valence-corrected chi connectivity index (χ3v) is 3.68. The lowest BCUT2D eigenvalue weighted by atomic mass is 10.1. The van der Waals surface area contributed by atoms with Gasteiger partial charge in [0.1, 0.15) is 5.82 Å². The fourth-order valence-corrected chi connectivity index (χ4v) is 2.42. The molecule has 5 heteroatoms. The van der Waals surface area contributed by atoms with Crippen molar-refractivity contribution in [3.8, 4) is 0 Å². The number of hydrogen-bond acceptors (Lipinski definition) is 3. The minimum absolute atomic E-state index is 0.0560. The normalized spacial score (nSPS) is 12.5. The number of imidazole rings is 1. The summed E-state index contributed by atoms with van der Waals surface area (Å²) >= 11 is 0. The molecule has 0 radical (unpaired) electrons. The zero-order chi connectivity index (χ0) is 14.7. The molecule has 21 heavy (non-hydrogen) atoms. The number of rotatable bonds is 5. The van der Waals surface area contributed by atoms with Crippen LogP contribution >= 0.6 is 0 Å². The molecular weight excluding hydrogens is 262 g/mol. The summed E-state index contributed by atoms with van der Waals surface area (Å²) in [5, 5.41) is 10.6. The first-order valence-corrected chi connectivity index (χ1v) is 7.00. The fourth-order valence-electron chi connectivity index (χ4n) is 2.42. The van der Waals surface area contributed by atoms with Gasteiger partial charge in [-0.3, -0.25) is 10.4 Å². The molecule has 0 bridgehead atoms. The molecule has 5 nitrogen and oxygen atoms in total. The lowest BCUT2D eigenvalue weighted by molar-refractivity contribution is 0.557. The SMILES string of the molecule is Cc1[nH]ncc1CN[C@H](c1ccccc1)c1nccn1C. The monoisotopic (exact) mass is 281 g/mol. The lowest BCUT2D eigenvalue weighted by Gasteiger charge is -2.19. The molecule has 0 saturated heterocycles. The van der Waals surface area contributed by atoms with Crippen LogP contribution in [0.2, 0.25) is 0 Å². The van der Waals surface area contributed by atoms with Gasteiger partial charge < -0.3 is 4.57 Å². The predicted octanol–water partition coefficient (Wildman–Crippen LogP) is 2.33. The molecule has 1 aromatic carbocycles. The maximum atomic E-state index is 4.49. The van der Waals surface area contributed by atoms with Gasteiger partial charge in [-0.2, -0.15) is 5.10 Å². The standard InChI is InChI=1S/C16H19N5/c1-12-14(11-19-20-12)10-18-15(13-6-4-3-5-7-13)16-17-8-9-21(16)2/h3-9,11,15,18H,10H2,1-2H3,(H,19,20)/t15-/m1/s1. The molecule has 2 N–H and O–H groups in total. The molecule has 0 aliphatic carbocycles. The van der Waals surface area contributed by atoms with Crippen LogP contribution in [0, 0.1) is 6.92 Å². The highest BCUT2D eigenvalue weighted by molar-refractivity contribution is 5.26. The molecule has 0 aliphatic rings. The van der Waals surface area contributed by atoms with Crippen LogP contribution in [-0.2, 0) is 13.6 Å². The van der Waals surface area contributed by atoms with E-state index in [0.717, 1.165) is 18.1 Å². The predicted molar refractivity (Wildman–Crippen MR) is 81.7 cm³/mol. The zero-order valence-electron chi connectivity index (χ0n) is 12.2. The Kier molecular flexibility index (Phi) is 3.83. The third kappa shape index (κ3) is 2.87. The molecule has 0 aliphatic heterocycles. The average Bonchev–Trinajstić information content (AvgIpc) is 3.10. The molecule has 2 aromatic heterocycles. The van der Waals surface area contributed by atoms with E-state index in [1.165, 1.54) is 11.1 Å². The van der Waals surface area contributed by atoms with E-state index >= 15 is 0 Å². The van der Waals surface area contributed by atoms with Gasteiger partial charge in [0.05, 0.1) is 12.2 Å². The lowest BCUT2D eigenvalue weighted by Crippen LogP contribution is -2.24. The van der Waals surface area contributed by atoms with Crippen LogP contribution in [0.4, 0.5) is 0 Å². The Hall–Kier alpha value is -2.40. The van der Waals surface area contributed by atoms with E-state index < -0.39 is 0 Å². The number of aromatic amines is 1. The molecule has 3 aromatic rings. The van der Waals surface area contributed by atoms with Gasteiger partial charge in [-0.05, 0) is 12.5 Å². The summed E-state index contributed by atoms with van der Waals surface area (Å²) in [5.41, 5.74) is 3.47. The van der Waals surface area contributed by atoms with Gasteiger partial charge in [0.15, 0.2) is 0 Å². The Balaban J connectivity index is 1.87. The molecule has 2 heterocycles. The van der Waals surface area contributed by atoms with Crippen LogP contribution in [0.15, 0.2) is 48.9 Å². The van der Waals surface area contributed by atoms with Crippen molar-refractivity contribution in [3.63, 3.8) is 0 Å². The largest absolute Gasteiger partial charge is 0.336 e. The Labute approximate surface area is 124 Å². The second-order valence-electron chi connectivity index (χ2n) is 5.14. The smallest absolute Gasteiger partial charge is 0.130 e. The number of aryl methyl sites for hydroxylation is 2. The maximum Gasteiger partial charge on any atom is 0.130 e. The fraction of sp³-hybridized carbons (Fsp3) is 0.250. The quantitative estimate of drug-likeness (QED) is 0.754. The third-order valence-electron chi connectivity index (χ3n) is 3.68. The van der Waals surface area contributed by atoms with E-state index in [2.05, 4.69) is 44.8 Å².